The fraction of sp³-hybridized carbons (Fsp3) is 0.250. The fourth-order valence-electron chi connectivity index (χ4n) is 2.19. The molecule has 154 valence electrons. The van der Waals surface area contributed by atoms with Crippen molar-refractivity contribution < 1.29 is 34.9 Å². The summed E-state index contributed by atoms with van der Waals surface area (Å²) in [4.78, 5) is -0.866. The second kappa shape index (κ2) is 8.23. The minimum Gasteiger partial charge on any atom is -0.248 e. The smallest absolute Gasteiger partial charge is 0.248 e. The molecule has 0 fully saturated rings. The number of halogens is 10. The predicted octanol–water partition coefficient (Wildman–Crippen LogP) is 7.35. The molecule has 2 aromatic rings. The van der Waals surface area contributed by atoms with Crippen molar-refractivity contribution in [1.29, 1.82) is 0 Å². The van der Waals surface area contributed by atoms with Crippen LogP contribution in [0.15, 0.2) is 50.2 Å². The Morgan fingerprint density at radius 1 is 0.964 bits per heavy atom. The Bertz CT molecular complexity index is 918. The molecule has 0 aliphatic carbocycles. The van der Waals surface area contributed by atoms with Crippen LogP contribution in [-0.4, -0.2) is 21.6 Å². The molecule has 2 rings (SSSR count). The van der Waals surface area contributed by atoms with E-state index in [1.54, 1.807) is 0 Å². The van der Waals surface area contributed by atoms with Crippen molar-refractivity contribution in [2.45, 2.75) is 28.7 Å². The summed E-state index contributed by atoms with van der Waals surface area (Å²) in [5.41, 5.74) is 0.307. The molecular weight excluding hydrogens is 568 g/mol. The van der Waals surface area contributed by atoms with Crippen molar-refractivity contribution in [3.8, 4) is 0 Å². The average molecular weight is 577 g/mol. The van der Waals surface area contributed by atoms with Gasteiger partial charge in [-0.1, -0.05) is 55.6 Å². The number of rotatable bonds is 5. The van der Waals surface area contributed by atoms with Gasteiger partial charge in [0.1, 0.15) is 10.8 Å². The van der Waals surface area contributed by atoms with E-state index in [0.29, 0.717) is 10.6 Å². The standard InChI is InChI=1S/C16H8Br2ClF7OS/c17-9-6-12(18)11(5-8-2-1-3-10(19)4-8)13(7-9)28(27)16(25,26)14(20,21)15(22,23)24/h1-4,6-7H,5H2. The average Bonchev–Trinajstić information content (AvgIpc) is 2.55. The quantitative estimate of drug-likeness (QED) is 0.340. The van der Waals surface area contributed by atoms with Gasteiger partial charge in [0.2, 0.25) is 0 Å². The van der Waals surface area contributed by atoms with Crippen LogP contribution in [0.4, 0.5) is 30.7 Å². The summed E-state index contributed by atoms with van der Waals surface area (Å²) in [6.07, 6.45) is -6.77. The van der Waals surface area contributed by atoms with Crippen LogP contribution in [0.25, 0.3) is 0 Å². The number of alkyl halides is 7. The van der Waals surface area contributed by atoms with Crippen molar-refractivity contribution in [1.82, 2.24) is 0 Å². The van der Waals surface area contributed by atoms with E-state index in [1.165, 1.54) is 30.3 Å². The molecule has 2 aromatic carbocycles. The van der Waals surface area contributed by atoms with E-state index >= 15 is 0 Å². The zero-order valence-electron chi connectivity index (χ0n) is 13.3. The maximum Gasteiger partial charge on any atom is 0.461 e. The van der Waals surface area contributed by atoms with Crippen LogP contribution in [0.5, 0.6) is 0 Å². The Morgan fingerprint density at radius 3 is 2.11 bits per heavy atom. The minimum atomic E-state index is -6.58. The van der Waals surface area contributed by atoms with Crippen molar-refractivity contribution in [2.75, 3.05) is 0 Å². The lowest BCUT2D eigenvalue weighted by atomic mass is 10.1. The molecular formula is C16H8Br2ClF7OS. The highest BCUT2D eigenvalue weighted by Crippen LogP contribution is 2.50. The Labute approximate surface area is 179 Å². The first-order valence-corrected chi connectivity index (χ1v) is 10.3. The highest BCUT2D eigenvalue weighted by Gasteiger charge is 2.76. The van der Waals surface area contributed by atoms with Crippen LogP contribution < -0.4 is 0 Å². The van der Waals surface area contributed by atoms with Gasteiger partial charge in [0.05, 0.1) is 4.90 Å². The van der Waals surface area contributed by atoms with E-state index in [2.05, 4.69) is 31.9 Å². The van der Waals surface area contributed by atoms with E-state index in [-0.39, 0.29) is 20.9 Å². The molecule has 1 atom stereocenters. The van der Waals surface area contributed by atoms with Crippen LogP contribution in [0, 0.1) is 0 Å². The summed E-state index contributed by atoms with van der Waals surface area (Å²) >= 11 is 11.8. The van der Waals surface area contributed by atoms with E-state index in [0.717, 1.165) is 6.07 Å². The number of hydrogen-bond acceptors (Lipinski definition) is 1. The third-order valence-electron chi connectivity index (χ3n) is 3.54. The van der Waals surface area contributed by atoms with Gasteiger partial charge < -0.3 is 0 Å². The lowest BCUT2D eigenvalue weighted by Gasteiger charge is -2.28. The van der Waals surface area contributed by atoms with Crippen LogP contribution in [0.2, 0.25) is 5.02 Å². The third kappa shape index (κ3) is 4.57. The SMILES string of the molecule is O=S(c1cc(Br)cc(Br)c1Cc1cccc(Cl)c1)C(F)(F)C(F)(F)C(F)(F)F. The van der Waals surface area contributed by atoms with E-state index in [9.17, 15) is 34.9 Å². The molecule has 1 unspecified atom stereocenters. The maximum atomic E-state index is 14.0. The second-order valence-electron chi connectivity index (χ2n) is 5.53. The molecule has 0 saturated carbocycles. The summed E-state index contributed by atoms with van der Waals surface area (Å²) in [5, 5.41) is -5.60. The summed E-state index contributed by atoms with van der Waals surface area (Å²) < 4.78 is 104. The predicted molar refractivity (Wildman–Crippen MR) is 98.5 cm³/mol. The van der Waals surface area contributed by atoms with Crippen LogP contribution in [0.3, 0.4) is 0 Å². The van der Waals surface area contributed by atoms with Crippen molar-refractivity contribution >= 4 is 54.3 Å². The first-order chi connectivity index (χ1) is 12.7. The van der Waals surface area contributed by atoms with Crippen LogP contribution >= 0.6 is 43.5 Å². The van der Waals surface area contributed by atoms with Crippen molar-refractivity contribution in [2.24, 2.45) is 0 Å². The summed E-state index contributed by atoms with van der Waals surface area (Å²) in [5.74, 6) is -6.49. The highest BCUT2D eigenvalue weighted by molar-refractivity contribution is 9.11. The van der Waals surface area contributed by atoms with Gasteiger partial charge in [0, 0.05) is 14.0 Å². The van der Waals surface area contributed by atoms with Crippen molar-refractivity contribution in [3.05, 3.63) is 61.5 Å². The van der Waals surface area contributed by atoms with Crippen LogP contribution in [0.1, 0.15) is 11.1 Å². The highest BCUT2D eigenvalue weighted by atomic mass is 79.9. The molecule has 12 heteroatoms. The third-order valence-corrected chi connectivity index (χ3v) is 6.43. The van der Waals surface area contributed by atoms with Gasteiger partial charge in [-0.25, -0.2) is 4.21 Å². The topological polar surface area (TPSA) is 17.1 Å². The fourth-order valence-corrected chi connectivity index (χ4v) is 5.31. The van der Waals surface area contributed by atoms with Gasteiger partial charge in [-0.05, 0) is 41.8 Å². The Hall–Kier alpha value is -0.650. The molecule has 0 radical (unpaired) electrons. The molecule has 0 aliphatic rings. The Morgan fingerprint density at radius 2 is 1.57 bits per heavy atom. The van der Waals surface area contributed by atoms with Gasteiger partial charge in [0.15, 0.2) is 0 Å². The lowest BCUT2D eigenvalue weighted by Crippen LogP contribution is -2.54. The molecule has 0 bridgehead atoms. The van der Waals surface area contributed by atoms with E-state index < -0.39 is 33.0 Å². The van der Waals surface area contributed by atoms with Crippen molar-refractivity contribution in [3.63, 3.8) is 0 Å². The van der Waals surface area contributed by atoms with E-state index in [4.69, 9.17) is 11.6 Å². The van der Waals surface area contributed by atoms with Gasteiger partial charge in [-0.15, -0.1) is 0 Å². The van der Waals surface area contributed by atoms with Crippen LogP contribution in [-0.2, 0) is 17.2 Å². The van der Waals surface area contributed by atoms with E-state index in [1.807, 2.05) is 0 Å². The van der Waals surface area contributed by atoms with Gasteiger partial charge in [-0.3, -0.25) is 0 Å². The molecule has 0 aliphatic heterocycles. The van der Waals surface area contributed by atoms with Gasteiger partial charge in [-0.2, -0.15) is 30.7 Å². The molecule has 0 heterocycles. The normalized spacial score (nSPS) is 14.2. The number of hydrogen-bond donors (Lipinski definition) is 0. The first-order valence-electron chi connectivity index (χ1n) is 7.15. The lowest BCUT2D eigenvalue weighted by molar-refractivity contribution is -0.331. The zero-order valence-corrected chi connectivity index (χ0v) is 18.0. The molecule has 0 aromatic heterocycles. The Kier molecular flexibility index (Phi) is 6.95. The minimum absolute atomic E-state index is 0.0590. The summed E-state index contributed by atoms with van der Waals surface area (Å²) in [6.45, 7) is 0. The zero-order chi connectivity index (χ0) is 21.5. The second-order valence-corrected chi connectivity index (χ2v) is 9.23. The molecule has 0 saturated heterocycles. The molecule has 0 spiro atoms. The Balaban J connectivity index is 2.60. The largest absolute Gasteiger partial charge is 0.461 e. The number of benzene rings is 2. The molecule has 0 N–H and O–H groups in total. The maximum absolute atomic E-state index is 14.0. The molecule has 1 nitrogen and oxygen atoms in total. The molecule has 0 amide bonds. The van der Waals surface area contributed by atoms with Gasteiger partial charge in [0.25, 0.3) is 0 Å². The summed E-state index contributed by atoms with van der Waals surface area (Å²) in [7, 11) is -4.02. The monoisotopic (exact) mass is 574 g/mol. The summed E-state index contributed by atoms with van der Waals surface area (Å²) in [6, 6.07) is 8.23. The molecule has 28 heavy (non-hydrogen) atoms. The van der Waals surface area contributed by atoms with Gasteiger partial charge >= 0.3 is 17.4 Å². The first kappa shape index (κ1) is 23.6.